The molecule has 18 heavy (non-hydrogen) atoms. The number of carboxylic acid groups (broad SMARTS) is 1. The first-order valence-electron chi connectivity index (χ1n) is 4.96. The molecule has 8 heteroatoms. The van der Waals surface area contributed by atoms with E-state index < -0.39 is 17.9 Å². The second-order valence-corrected chi connectivity index (χ2v) is 4.02. The van der Waals surface area contributed by atoms with Crippen molar-refractivity contribution < 1.29 is 29.0 Å². The highest BCUT2D eigenvalue weighted by molar-refractivity contribution is 9.09. The third kappa shape index (κ3) is 15.2. The van der Waals surface area contributed by atoms with Crippen LogP contribution in [0.4, 0.5) is 0 Å². The Balaban J connectivity index is 0. The highest BCUT2D eigenvalue weighted by Gasteiger charge is 2.04. The Morgan fingerprint density at radius 1 is 1.00 bits per heavy atom. The van der Waals surface area contributed by atoms with Gasteiger partial charge in [0.05, 0.1) is 11.8 Å². The lowest BCUT2D eigenvalue weighted by Crippen LogP contribution is -2.11. The van der Waals surface area contributed by atoms with Gasteiger partial charge in [0.1, 0.15) is 11.1 Å². The van der Waals surface area contributed by atoms with E-state index in [4.69, 9.17) is 5.11 Å². The number of alkyl halides is 2. The largest absolute Gasteiger partial charge is 0.481 e. The van der Waals surface area contributed by atoms with Crippen molar-refractivity contribution in [3.63, 3.8) is 0 Å². The van der Waals surface area contributed by atoms with Gasteiger partial charge >= 0.3 is 17.9 Å². The lowest BCUT2D eigenvalue weighted by Gasteiger charge is -1.94. The fraction of sp³-hybridized carbons (Fsp3) is 0.600. The van der Waals surface area contributed by atoms with E-state index >= 15 is 0 Å². The summed E-state index contributed by atoms with van der Waals surface area (Å²) in [6.07, 6.45) is 0.295. The molecule has 6 nitrogen and oxygen atoms in total. The predicted molar refractivity (Wildman–Crippen MR) is 70.9 cm³/mol. The molecule has 0 heterocycles. The SMILES string of the molecule is CCC(=O)OC(=O)CBr.O=C(O)CCC(=O)CBr. The van der Waals surface area contributed by atoms with Crippen LogP contribution in [0.5, 0.6) is 0 Å². The number of hydrogen-bond acceptors (Lipinski definition) is 5. The predicted octanol–water partition coefficient (Wildman–Crippen LogP) is 1.68. The molecular weight excluding hydrogens is 376 g/mol. The van der Waals surface area contributed by atoms with Crippen molar-refractivity contribution >= 4 is 55.6 Å². The first-order valence-corrected chi connectivity index (χ1v) is 7.20. The molecule has 0 fully saturated rings. The fourth-order valence-electron chi connectivity index (χ4n) is 0.540. The van der Waals surface area contributed by atoms with Gasteiger partial charge in [0.25, 0.3) is 0 Å². The number of carbonyl (C=O) groups excluding carboxylic acids is 3. The van der Waals surface area contributed by atoms with E-state index in [0.29, 0.717) is 0 Å². The Labute approximate surface area is 121 Å². The van der Waals surface area contributed by atoms with Gasteiger partial charge in [-0.3, -0.25) is 19.2 Å². The van der Waals surface area contributed by atoms with Gasteiger partial charge in [0.2, 0.25) is 0 Å². The van der Waals surface area contributed by atoms with Crippen LogP contribution in [0, 0.1) is 0 Å². The molecule has 0 unspecified atom stereocenters. The summed E-state index contributed by atoms with van der Waals surface area (Å²) in [6.45, 7) is 1.63. The van der Waals surface area contributed by atoms with Gasteiger partial charge in [-0.05, 0) is 0 Å². The number of carbonyl (C=O) groups is 4. The Kier molecular flexibility index (Phi) is 13.8. The number of aliphatic carboxylic acids is 1. The quantitative estimate of drug-likeness (QED) is 0.421. The van der Waals surface area contributed by atoms with Crippen LogP contribution in [-0.2, 0) is 23.9 Å². The summed E-state index contributed by atoms with van der Waals surface area (Å²) in [5.41, 5.74) is 0. The third-order valence-corrected chi connectivity index (χ3v) is 2.48. The monoisotopic (exact) mass is 388 g/mol. The van der Waals surface area contributed by atoms with Gasteiger partial charge in [-0.1, -0.05) is 38.8 Å². The number of ether oxygens (including phenoxy) is 1. The van der Waals surface area contributed by atoms with Crippen LogP contribution in [0.1, 0.15) is 26.2 Å². The zero-order chi connectivity index (χ0) is 14.6. The van der Waals surface area contributed by atoms with E-state index in [1.165, 1.54) is 0 Å². The maximum atomic E-state index is 10.4. The van der Waals surface area contributed by atoms with Crippen LogP contribution in [0.2, 0.25) is 0 Å². The van der Waals surface area contributed by atoms with Crippen LogP contribution < -0.4 is 0 Å². The van der Waals surface area contributed by atoms with Gasteiger partial charge in [0, 0.05) is 12.8 Å². The van der Waals surface area contributed by atoms with E-state index in [9.17, 15) is 19.2 Å². The second-order valence-electron chi connectivity index (χ2n) is 2.90. The molecule has 0 aromatic heterocycles. The molecule has 0 saturated heterocycles. The van der Waals surface area contributed by atoms with E-state index in [1.54, 1.807) is 6.92 Å². The fourth-order valence-corrected chi connectivity index (χ4v) is 0.934. The number of esters is 2. The molecule has 104 valence electrons. The van der Waals surface area contributed by atoms with Gasteiger partial charge in [-0.25, -0.2) is 0 Å². The lowest BCUT2D eigenvalue weighted by molar-refractivity contribution is -0.157. The number of carboxylic acids is 1. The average molecular weight is 390 g/mol. The van der Waals surface area contributed by atoms with E-state index in [0.717, 1.165) is 0 Å². The molecule has 0 aliphatic carbocycles. The van der Waals surface area contributed by atoms with E-state index in [2.05, 4.69) is 36.6 Å². The summed E-state index contributed by atoms with van der Waals surface area (Å²) in [4.78, 5) is 40.9. The topological polar surface area (TPSA) is 97.7 Å². The van der Waals surface area contributed by atoms with E-state index in [1.807, 2.05) is 0 Å². The molecule has 0 rings (SSSR count). The minimum Gasteiger partial charge on any atom is -0.481 e. The smallest absolute Gasteiger partial charge is 0.324 e. The molecule has 0 amide bonds. The highest BCUT2D eigenvalue weighted by Crippen LogP contribution is 1.93. The van der Waals surface area contributed by atoms with E-state index in [-0.39, 0.29) is 35.7 Å². The van der Waals surface area contributed by atoms with Crippen molar-refractivity contribution in [3.05, 3.63) is 0 Å². The lowest BCUT2D eigenvalue weighted by atomic mass is 10.2. The zero-order valence-corrected chi connectivity index (χ0v) is 13.0. The molecule has 0 bridgehead atoms. The molecule has 0 aromatic carbocycles. The Hall–Kier alpha value is -0.760. The number of hydrogen-bond donors (Lipinski definition) is 1. The van der Waals surface area contributed by atoms with Gasteiger partial charge in [-0.2, -0.15) is 0 Å². The molecule has 0 atom stereocenters. The van der Waals surface area contributed by atoms with Crippen LogP contribution in [0.25, 0.3) is 0 Å². The van der Waals surface area contributed by atoms with Crippen LogP contribution >= 0.6 is 31.9 Å². The molecular formula is C10H14Br2O6. The Morgan fingerprint density at radius 3 is 1.89 bits per heavy atom. The summed E-state index contributed by atoms with van der Waals surface area (Å²) >= 11 is 5.77. The average Bonchev–Trinajstić information content (AvgIpc) is 2.36. The molecule has 0 radical (unpaired) electrons. The van der Waals surface area contributed by atoms with Gasteiger partial charge in [-0.15, -0.1) is 0 Å². The summed E-state index contributed by atoms with van der Waals surface area (Å²) in [5, 5.41) is 8.41. The normalized spacial score (nSPS) is 8.83. The number of rotatable bonds is 6. The minimum absolute atomic E-state index is 0.0650. The maximum Gasteiger partial charge on any atom is 0.324 e. The molecule has 0 aliphatic heterocycles. The minimum atomic E-state index is -0.927. The number of ketones is 1. The zero-order valence-electron chi connectivity index (χ0n) is 9.78. The van der Waals surface area contributed by atoms with Crippen LogP contribution in [0.3, 0.4) is 0 Å². The van der Waals surface area contributed by atoms with Crippen molar-refractivity contribution in [3.8, 4) is 0 Å². The van der Waals surface area contributed by atoms with Crippen LogP contribution in [-0.4, -0.2) is 39.5 Å². The molecule has 0 aromatic rings. The van der Waals surface area contributed by atoms with Crippen molar-refractivity contribution in [2.24, 2.45) is 0 Å². The summed E-state index contributed by atoms with van der Waals surface area (Å²) in [5.74, 6) is -2.02. The second kappa shape index (κ2) is 12.7. The number of Topliss-reactive ketones (excluding diaryl/α,β-unsaturated/α-hetero) is 1. The third-order valence-electron chi connectivity index (χ3n) is 1.39. The van der Waals surface area contributed by atoms with Crippen LogP contribution in [0.15, 0.2) is 0 Å². The Bertz CT molecular complexity index is 289. The maximum absolute atomic E-state index is 10.4. The van der Waals surface area contributed by atoms with Gasteiger partial charge in [0.15, 0.2) is 0 Å². The summed E-state index contributed by atoms with van der Waals surface area (Å²) < 4.78 is 4.22. The van der Waals surface area contributed by atoms with Crippen molar-refractivity contribution in [2.45, 2.75) is 26.2 Å². The molecule has 1 N–H and O–H groups in total. The van der Waals surface area contributed by atoms with Gasteiger partial charge < -0.3 is 9.84 Å². The Morgan fingerprint density at radius 2 is 1.56 bits per heavy atom. The number of halogens is 2. The molecule has 0 saturated carbocycles. The van der Waals surface area contributed by atoms with Crippen molar-refractivity contribution in [2.75, 3.05) is 10.7 Å². The highest BCUT2D eigenvalue weighted by atomic mass is 79.9. The standard InChI is InChI=1S/2C5H7BrO3/c1-2-4(7)9-5(8)3-6;6-3-4(7)1-2-5(8)9/h2-3H2,1H3;1-3H2,(H,8,9). The summed E-state index contributed by atoms with van der Waals surface area (Å²) in [6, 6.07) is 0. The first-order chi connectivity index (χ1) is 8.37. The van der Waals surface area contributed by atoms with Crippen molar-refractivity contribution in [1.82, 2.24) is 0 Å². The molecule has 0 spiro atoms. The summed E-state index contributed by atoms with van der Waals surface area (Å²) in [7, 11) is 0. The molecule has 0 aliphatic rings. The first kappa shape index (κ1) is 19.6. The van der Waals surface area contributed by atoms with Crippen molar-refractivity contribution in [1.29, 1.82) is 0 Å².